The highest BCUT2D eigenvalue weighted by Crippen LogP contribution is 2.49. The minimum atomic E-state index is -3.50. The molecule has 0 radical (unpaired) electrons. The molecule has 1 aliphatic heterocycles. The summed E-state index contributed by atoms with van der Waals surface area (Å²) in [5, 5.41) is 0. The lowest BCUT2D eigenvalue weighted by Crippen LogP contribution is -2.64. The second-order valence-corrected chi connectivity index (χ2v) is 4.95. The zero-order chi connectivity index (χ0) is 15.9. The maximum Gasteiger partial charge on any atom is 0.349 e. The van der Waals surface area contributed by atoms with E-state index in [-0.39, 0.29) is 5.56 Å². The number of hydrogen-bond acceptors (Lipinski definition) is 2. The number of alkyl halides is 2. The number of ether oxygens (including phenoxy) is 1. The molecule has 0 unspecified atom stereocenters. The Kier molecular flexibility index (Phi) is 3.31. The van der Waals surface area contributed by atoms with Gasteiger partial charge in [0.25, 0.3) is 0 Å². The van der Waals surface area contributed by atoms with Gasteiger partial charge in [0, 0.05) is 5.69 Å². The fourth-order valence-electron chi connectivity index (χ4n) is 2.50. The van der Waals surface area contributed by atoms with Crippen molar-refractivity contribution in [3.63, 3.8) is 0 Å². The standard InChI is InChI=1S/C16H12F3NO2/c1-22-13-8-6-12(7-9-13)20-14(16(18,19)15(20)21)10-2-4-11(17)5-3-10/h2-9,14H,1H3/t14-/m1/s1. The maximum atomic E-state index is 14.0. The molecule has 3 nitrogen and oxygen atoms in total. The first-order valence-corrected chi connectivity index (χ1v) is 6.56. The van der Waals surface area contributed by atoms with Crippen molar-refractivity contribution < 1.29 is 22.7 Å². The first-order valence-electron chi connectivity index (χ1n) is 6.56. The number of halogens is 3. The Morgan fingerprint density at radius 3 is 2.18 bits per heavy atom. The minimum absolute atomic E-state index is 0.182. The van der Waals surface area contributed by atoms with Crippen molar-refractivity contribution in [3.8, 4) is 5.75 Å². The predicted molar refractivity (Wildman–Crippen MR) is 74.6 cm³/mol. The van der Waals surface area contributed by atoms with Gasteiger partial charge in [-0.3, -0.25) is 9.69 Å². The number of carbonyl (C=O) groups is 1. The van der Waals surface area contributed by atoms with Crippen LogP contribution in [0.2, 0.25) is 0 Å². The molecule has 1 heterocycles. The lowest BCUT2D eigenvalue weighted by atomic mass is 9.89. The average molecular weight is 307 g/mol. The molecule has 0 saturated carbocycles. The molecule has 22 heavy (non-hydrogen) atoms. The van der Waals surface area contributed by atoms with E-state index in [1.165, 1.54) is 31.4 Å². The molecular weight excluding hydrogens is 295 g/mol. The Labute approximate surface area is 124 Å². The molecule has 0 aliphatic carbocycles. The lowest BCUT2D eigenvalue weighted by Gasteiger charge is -2.46. The molecule has 2 aromatic rings. The third kappa shape index (κ3) is 2.11. The van der Waals surface area contributed by atoms with E-state index in [2.05, 4.69) is 0 Å². The summed E-state index contributed by atoms with van der Waals surface area (Å²) in [5.74, 6) is -4.74. The summed E-state index contributed by atoms with van der Waals surface area (Å²) < 4.78 is 45.9. The fourth-order valence-corrected chi connectivity index (χ4v) is 2.50. The van der Waals surface area contributed by atoms with Gasteiger partial charge in [-0.25, -0.2) is 4.39 Å². The molecule has 1 amide bonds. The summed E-state index contributed by atoms with van der Waals surface area (Å²) in [5.41, 5.74) is 0.521. The van der Waals surface area contributed by atoms with E-state index >= 15 is 0 Å². The van der Waals surface area contributed by atoms with Crippen LogP contribution in [-0.2, 0) is 4.79 Å². The minimum Gasteiger partial charge on any atom is -0.497 e. The molecule has 0 N–H and O–H groups in total. The first-order chi connectivity index (χ1) is 10.4. The van der Waals surface area contributed by atoms with Crippen LogP contribution in [0.25, 0.3) is 0 Å². The maximum absolute atomic E-state index is 14.0. The average Bonchev–Trinajstić information content (AvgIpc) is 2.53. The molecule has 1 fully saturated rings. The zero-order valence-electron chi connectivity index (χ0n) is 11.6. The van der Waals surface area contributed by atoms with E-state index in [1.807, 2.05) is 0 Å². The Hall–Kier alpha value is -2.50. The van der Waals surface area contributed by atoms with Gasteiger partial charge in [-0.05, 0) is 42.0 Å². The zero-order valence-corrected chi connectivity index (χ0v) is 11.6. The number of anilines is 1. The number of methoxy groups -OCH3 is 1. The van der Waals surface area contributed by atoms with Gasteiger partial charge < -0.3 is 4.74 Å². The van der Waals surface area contributed by atoms with Gasteiger partial charge in [0.05, 0.1) is 7.11 Å². The highest BCUT2D eigenvalue weighted by Gasteiger charge is 2.64. The second kappa shape index (κ2) is 5.05. The molecule has 0 bridgehead atoms. The van der Waals surface area contributed by atoms with Crippen molar-refractivity contribution in [1.82, 2.24) is 0 Å². The first kappa shape index (κ1) is 14.4. The Morgan fingerprint density at radius 1 is 1.05 bits per heavy atom. The van der Waals surface area contributed by atoms with Crippen LogP contribution in [0.5, 0.6) is 5.75 Å². The van der Waals surface area contributed by atoms with Gasteiger partial charge in [-0.1, -0.05) is 12.1 Å². The van der Waals surface area contributed by atoms with Crippen molar-refractivity contribution in [2.75, 3.05) is 12.0 Å². The molecule has 1 saturated heterocycles. The number of amides is 1. The van der Waals surface area contributed by atoms with Crippen LogP contribution in [0.4, 0.5) is 18.9 Å². The van der Waals surface area contributed by atoms with Crippen molar-refractivity contribution >= 4 is 11.6 Å². The summed E-state index contributed by atoms with van der Waals surface area (Å²) >= 11 is 0. The number of rotatable bonds is 3. The van der Waals surface area contributed by atoms with Crippen LogP contribution in [-0.4, -0.2) is 18.9 Å². The number of nitrogens with zero attached hydrogens (tertiary/aromatic N) is 1. The molecule has 2 aromatic carbocycles. The van der Waals surface area contributed by atoms with E-state index in [1.54, 1.807) is 12.1 Å². The van der Waals surface area contributed by atoms with Gasteiger partial charge >= 0.3 is 11.8 Å². The highest BCUT2D eigenvalue weighted by atomic mass is 19.3. The normalized spacial score (nSPS) is 19.7. The SMILES string of the molecule is COc1ccc(N2C(=O)C(F)(F)[C@H]2c2ccc(F)cc2)cc1. The van der Waals surface area contributed by atoms with Gasteiger partial charge in [0.15, 0.2) is 0 Å². The van der Waals surface area contributed by atoms with E-state index in [0.29, 0.717) is 11.4 Å². The van der Waals surface area contributed by atoms with Crippen molar-refractivity contribution in [1.29, 1.82) is 0 Å². The van der Waals surface area contributed by atoms with E-state index in [9.17, 15) is 18.0 Å². The fraction of sp³-hybridized carbons (Fsp3) is 0.188. The number of β-lactam (4-membered cyclic amide) rings is 1. The van der Waals surface area contributed by atoms with Gasteiger partial charge in [0.2, 0.25) is 0 Å². The topological polar surface area (TPSA) is 29.5 Å². The van der Waals surface area contributed by atoms with Crippen LogP contribution in [0.1, 0.15) is 11.6 Å². The number of carbonyl (C=O) groups excluding carboxylic acids is 1. The highest BCUT2D eigenvalue weighted by molar-refractivity contribution is 6.07. The Bertz CT molecular complexity index is 698. The molecule has 0 spiro atoms. The number of hydrogen-bond donors (Lipinski definition) is 0. The van der Waals surface area contributed by atoms with Crippen LogP contribution >= 0.6 is 0 Å². The molecule has 114 valence electrons. The summed E-state index contributed by atoms with van der Waals surface area (Å²) in [4.78, 5) is 12.8. The monoisotopic (exact) mass is 307 g/mol. The van der Waals surface area contributed by atoms with Crippen molar-refractivity contribution in [3.05, 3.63) is 59.9 Å². The van der Waals surface area contributed by atoms with Crippen LogP contribution in [0, 0.1) is 5.82 Å². The van der Waals surface area contributed by atoms with Crippen LogP contribution in [0.15, 0.2) is 48.5 Å². The quantitative estimate of drug-likeness (QED) is 0.812. The van der Waals surface area contributed by atoms with Crippen LogP contribution in [0.3, 0.4) is 0 Å². The van der Waals surface area contributed by atoms with E-state index < -0.39 is 23.7 Å². The molecular formula is C16H12F3NO2. The van der Waals surface area contributed by atoms with E-state index in [4.69, 9.17) is 4.74 Å². The van der Waals surface area contributed by atoms with Crippen LogP contribution < -0.4 is 9.64 Å². The van der Waals surface area contributed by atoms with Crippen molar-refractivity contribution in [2.24, 2.45) is 0 Å². The summed E-state index contributed by atoms with van der Waals surface area (Å²) in [6, 6.07) is 9.51. The molecule has 1 aliphatic rings. The van der Waals surface area contributed by atoms with Gasteiger partial charge in [0.1, 0.15) is 17.6 Å². The third-order valence-corrected chi connectivity index (χ3v) is 3.64. The van der Waals surface area contributed by atoms with Gasteiger partial charge in [-0.15, -0.1) is 0 Å². The Morgan fingerprint density at radius 2 is 1.64 bits per heavy atom. The largest absolute Gasteiger partial charge is 0.497 e. The Balaban J connectivity index is 1.98. The second-order valence-electron chi connectivity index (χ2n) is 4.95. The summed E-state index contributed by atoms with van der Waals surface area (Å²) in [6.07, 6.45) is 0. The smallest absolute Gasteiger partial charge is 0.349 e. The molecule has 0 aromatic heterocycles. The summed E-state index contributed by atoms with van der Waals surface area (Å²) in [7, 11) is 1.49. The van der Waals surface area contributed by atoms with Crippen molar-refractivity contribution in [2.45, 2.75) is 12.0 Å². The molecule has 1 atom stereocenters. The third-order valence-electron chi connectivity index (χ3n) is 3.64. The predicted octanol–water partition coefficient (Wildman–Crippen LogP) is 3.56. The lowest BCUT2D eigenvalue weighted by molar-refractivity contribution is -0.162. The summed E-state index contributed by atoms with van der Waals surface area (Å²) in [6.45, 7) is 0. The van der Waals surface area contributed by atoms with E-state index in [0.717, 1.165) is 17.0 Å². The molecule has 3 rings (SSSR count). The molecule has 6 heteroatoms. The number of benzene rings is 2. The van der Waals surface area contributed by atoms with Gasteiger partial charge in [-0.2, -0.15) is 8.78 Å².